The average molecular weight is 252 g/mol. The summed E-state index contributed by atoms with van der Waals surface area (Å²) in [6.07, 6.45) is 2.19. The van der Waals surface area contributed by atoms with Crippen molar-refractivity contribution in [2.24, 2.45) is 0 Å². The molecule has 1 aliphatic carbocycles. The number of hydrogen-bond acceptors (Lipinski definition) is 4. The maximum absolute atomic E-state index is 11.7. The Labute approximate surface area is 102 Å². The van der Waals surface area contributed by atoms with Gasteiger partial charge in [-0.3, -0.25) is 9.36 Å². The average Bonchev–Trinajstić information content (AvgIpc) is 3.04. The fraction of sp³-hybridized carbons (Fsp3) is 0.400. The van der Waals surface area contributed by atoms with Gasteiger partial charge in [-0.2, -0.15) is 0 Å². The minimum absolute atomic E-state index is 0.150. The second kappa shape index (κ2) is 3.96. The highest BCUT2D eigenvalue weighted by Gasteiger charge is 2.27. The fourth-order valence-electron chi connectivity index (χ4n) is 1.71. The molecule has 0 atom stereocenters. The van der Waals surface area contributed by atoms with Crippen LogP contribution in [0.2, 0.25) is 5.15 Å². The minimum atomic E-state index is -0.150. The molecule has 88 valence electrons. The number of rotatable bonds is 3. The van der Waals surface area contributed by atoms with E-state index in [1.165, 1.54) is 10.6 Å². The number of hydrogen-bond donors (Lipinski definition) is 0. The molecule has 0 aromatic carbocycles. The summed E-state index contributed by atoms with van der Waals surface area (Å²) in [6.45, 7) is 0.308. The summed E-state index contributed by atoms with van der Waals surface area (Å²) in [6, 6.07) is 5.16. The molecule has 0 saturated heterocycles. The van der Waals surface area contributed by atoms with Gasteiger partial charge >= 0.3 is 0 Å². The van der Waals surface area contributed by atoms with Crippen LogP contribution in [0, 0.1) is 0 Å². The predicted molar refractivity (Wildman–Crippen MR) is 60.9 cm³/mol. The molecule has 1 fully saturated rings. The van der Waals surface area contributed by atoms with Crippen LogP contribution in [0.3, 0.4) is 0 Å². The van der Waals surface area contributed by atoms with Gasteiger partial charge in [-0.25, -0.2) is 4.68 Å². The first-order valence-corrected chi connectivity index (χ1v) is 5.75. The van der Waals surface area contributed by atoms with Crippen LogP contribution in [-0.4, -0.2) is 24.8 Å². The zero-order valence-corrected chi connectivity index (χ0v) is 9.71. The Morgan fingerprint density at radius 3 is 2.94 bits per heavy atom. The predicted octanol–water partition coefficient (Wildman–Crippen LogP) is 0.871. The van der Waals surface area contributed by atoms with Crippen molar-refractivity contribution in [2.75, 3.05) is 0 Å². The molecule has 6 nitrogen and oxygen atoms in total. The zero-order chi connectivity index (χ0) is 11.8. The molecule has 2 aromatic rings. The fourth-order valence-corrected chi connectivity index (χ4v) is 1.92. The molecule has 2 heterocycles. The van der Waals surface area contributed by atoms with Crippen molar-refractivity contribution >= 4 is 11.6 Å². The van der Waals surface area contributed by atoms with E-state index in [9.17, 15) is 4.79 Å². The lowest BCUT2D eigenvalue weighted by Crippen LogP contribution is -2.22. The summed E-state index contributed by atoms with van der Waals surface area (Å²) in [7, 11) is 0. The topological polar surface area (TPSA) is 65.6 Å². The Balaban J connectivity index is 1.96. The summed E-state index contributed by atoms with van der Waals surface area (Å²) in [5.41, 5.74) is -0.150. The number of pyridine rings is 1. The highest BCUT2D eigenvalue weighted by molar-refractivity contribution is 6.29. The van der Waals surface area contributed by atoms with Crippen molar-refractivity contribution < 1.29 is 0 Å². The van der Waals surface area contributed by atoms with Gasteiger partial charge in [-0.1, -0.05) is 17.7 Å². The van der Waals surface area contributed by atoms with Crippen molar-refractivity contribution in [3.8, 4) is 0 Å². The summed E-state index contributed by atoms with van der Waals surface area (Å²) in [5, 5.41) is 11.9. The quantitative estimate of drug-likeness (QED) is 0.760. The van der Waals surface area contributed by atoms with Gasteiger partial charge in [0.15, 0.2) is 5.82 Å². The maximum atomic E-state index is 11.7. The molecule has 0 radical (unpaired) electrons. The Bertz CT molecular complexity index is 601. The third-order valence-electron chi connectivity index (χ3n) is 2.75. The molecular weight excluding hydrogens is 242 g/mol. The molecule has 1 saturated carbocycles. The number of tetrazole rings is 1. The van der Waals surface area contributed by atoms with Gasteiger partial charge in [0.05, 0.1) is 12.6 Å². The monoisotopic (exact) mass is 251 g/mol. The van der Waals surface area contributed by atoms with Crippen LogP contribution in [-0.2, 0) is 6.54 Å². The number of aromatic nitrogens is 5. The Hall–Kier alpha value is -1.69. The van der Waals surface area contributed by atoms with Gasteiger partial charge in [0.2, 0.25) is 0 Å². The first kappa shape index (κ1) is 10.5. The molecule has 0 unspecified atom stereocenters. The van der Waals surface area contributed by atoms with E-state index in [2.05, 4.69) is 15.5 Å². The second-order valence-electron chi connectivity index (χ2n) is 4.04. The van der Waals surface area contributed by atoms with Crippen LogP contribution in [0.15, 0.2) is 23.0 Å². The molecule has 0 N–H and O–H groups in total. The van der Waals surface area contributed by atoms with E-state index in [-0.39, 0.29) is 5.56 Å². The smallest absolute Gasteiger partial charge is 0.252 e. The Morgan fingerprint density at radius 2 is 2.24 bits per heavy atom. The van der Waals surface area contributed by atoms with E-state index >= 15 is 0 Å². The van der Waals surface area contributed by atoms with Gasteiger partial charge in [-0.05, 0) is 29.3 Å². The SMILES string of the molecule is O=c1cccc(Cl)n1Cc1nnnn1C1CC1. The molecule has 1 aliphatic rings. The molecule has 0 bridgehead atoms. The first-order valence-electron chi connectivity index (χ1n) is 5.38. The maximum Gasteiger partial charge on any atom is 0.252 e. The number of nitrogens with zero attached hydrogens (tertiary/aromatic N) is 5. The van der Waals surface area contributed by atoms with Crippen molar-refractivity contribution in [1.29, 1.82) is 0 Å². The standard InChI is InChI=1S/C10H10ClN5O/c11-8-2-1-3-10(17)15(8)6-9-12-13-14-16(9)7-4-5-7/h1-3,7H,4-6H2. The number of halogens is 1. The highest BCUT2D eigenvalue weighted by atomic mass is 35.5. The lowest BCUT2D eigenvalue weighted by molar-refractivity contribution is 0.563. The van der Waals surface area contributed by atoms with E-state index in [4.69, 9.17) is 11.6 Å². The van der Waals surface area contributed by atoms with Gasteiger partial charge in [-0.15, -0.1) is 5.10 Å². The third-order valence-corrected chi connectivity index (χ3v) is 3.08. The molecule has 2 aromatic heterocycles. The normalized spacial score (nSPS) is 15.1. The lowest BCUT2D eigenvalue weighted by Gasteiger charge is -2.07. The highest BCUT2D eigenvalue weighted by Crippen LogP contribution is 2.34. The lowest BCUT2D eigenvalue weighted by atomic mass is 10.4. The van der Waals surface area contributed by atoms with Crippen molar-refractivity contribution in [1.82, 2.24) is 24.8 Å². The largest absolute Gasteiger partial charge is 0.291 e. The van der Waals surface area contributed by atoms with Gasteiger partial charge in [0.1, 0.15) is 5.15 Å². The third kappa shape index (κ3) is 1.95. The summed E-state index contributed by atoms with van der Waals surface area (Å²) in [5.74, 6) is 0.669. The van der Waals surface area contributed by atoms with E-state index in [0.717, 1.165) is 12.8 Å². The Morgan fingerprint density at radius 1 is 1.41 bits per heavy atom. The van der Waals surface area contributed by atoms with Crippen LogP contribution >= 0.6 is 11.6 Å². The molecular formula is C10H10ClN5O. The molecule has 0 amide bonds. The summed E-state index contributed by atoms with van der Waals surface area (Å²) < 4.78 is 3.22. The van der Waals surface area contributed by atoms with Gasteiger partial charge in [0, 0.05) is 6.07 Å². The van der Waals surface area contributed by atoms with Crippen LogP contribution in [0.4, 0.5) is 0 Å². The van der Waals surface area contributed by atoms with Crippen LogP contribution in [0.5, 0.6) is 0 Å². The molecule has 0 aliphatic heterocycles. The zero-order valence-electron chi connectivity index (χ0n) is 8.95. The van der Waals surface area contributed by atoms with E-state index < -0.39 is 0 Å². The second-order valence-corrected chi connectivity index (χ2v) is 4.43. The van der Waals surface area contributed by atoms with Crippen LogP contribution in [0.1, 0.15) is 24.7 Å². The Kier molecular flexibility index (Phi) is 2.44. The molecule has 7 heteroatoms. The molecule has 17 heavy (non-hydrogen) atoms. The van der Waals surface area contributed by atoms with Crippen molar-refractivity contribution in [3.05, 3.63) is 39.5 Å². The van der Waals surface area contributed by atoms with E-state index in [0.29, 0.717) is 23.6 Å². The molecule has 0 spiro atoms. The van der Waals surface area contributed by atoms with Crippen molar-refractivity contribution in [2.45, 2.75) is 25.4 Å². The molecule has 3 rings (SSSR count). The van der Waals surface area contributed by atoms with Crippen LogP contribution in [0.25, 0.3) is 0 Å². The van der Waals surface area contributed by atoms with E-state index in [1.54, 1.807) is 16.8 Å². The summed E-state index contributed by atoms with van der Waals surface area (Å²) in [4.78, 5) is 11.7. The first-order chi connectivity index (χ1) is 8.25. The van der Waals surface area contributed by atoms with Crippen LogP contribution < -0.4 is 5.56 Å². The summed E-state index contributed by atoms with van der Waals surface area (Å²) >= 11 is 5.98. The van der Waals surface area contributed by atoms with Gasteiger partial charge in [0.25, 0.3) is 5.56 Å². The van der Waals surface area contributed by atoms with E-state index in [1.807, 2.05) is 0 Å². The van der Waals surface area contributed by atoms with Gasteiger partial charge < -0.3 is 0 Å². The minimum Gasteiger partial charge on any atom is -0.291 e. The van der Waals surface area contributed by atoms with Crippen molar-refractivity contribution in [3.63, 3.8) is 0 Å².